The van der Waals surface area contributed by atoms with Gasteiger partial charge >= 0.3 is 12.2 Å². The summed E-state index contributed by atoms with van der Waals surface area (Å²) in [6, 6.07) is -2.39. The van der Waals surface area contributed by atoms with Crippen LogP contribution in [0.15, 0.2) is 0 Å². The molecular formula is C9H16F3N3O. The Hall–Kier alpha value is -0.980. The zero-order chi connectivity index (χ0) is 12.2. The van der Waals surface area contributed by atoms with Gasteiger partial charge in [-0.25, -0.2) is 4.79 Å². The Bertz CT molecular complexity index is 239. The van der Waals surface area contributed by atoms with Crippen molar-refractivity contribution in [3.05, 3.63) is 0 Å². The van der Waals surface area contributed by atoms with Gasteiger partial charge in [0, 0.05) is 26.2 Å². The monoisotopic (exact) mass is 239 g/mol. The van der Waals surface area contributed by atoms with Crippen LogP contribution in [0.25, 0.3) is 0 Å². The van der Waals surface area contributed by atoms with Crippen LogP contribution in [0.5, 0.6) is 0 Å². The standard InChI is InChI=1S/C9H16F3N3O/c1-2-7(9(10,11)12)14-8(16)15-5-3-13-4-6-15/h7,13H,2-6H2,1H3,(H,14,16). The van der Waals surface area contributed by atoms with Gasteiger partial charge in [-0.15, -0.1) is 0 Å². The summed E-state index contributed by atoms with van der Waals surface area (Å²) in [4.78, 5) is 12.9. The Morgan fingerprint density at radius 1 is 1.44 bits per heavy atom. The quantitative estimate of drug-likeness (QED) is 0.753. The van der Waals surface area contributed by atoms with Gasteiger partial charge in [0.05, 0.1) is 0 Å². The first-order valence-corrected chi connectivity index (χ1v) is 5.28. The van der Waals surface area contributed by atoms with E-state index < -0.39 is 18.2 Å². The number of nitrogens with one attached hydrogen (secondary N) is 2. The maximum atomic E-state index is 12.4. The Kier molecular flexibility index (Phi) is 4.40. The second kappa shape index (κ2) is 5.38. The number of carbonyl (C=O) groups excluding carboxylic acids is 1. The highest BCUT2D eigenvalue weighted by Gasteiger charge is 2.39. The Balaban J connectivity index is 2.48. The number of hydrogen-bond acceptors (Lipinski definition) is 2. The fourth-order valence-electron chi connectivity index (χ4n) is 1.52. The minimum absolute atomic E-state index is 0.151. The molecule has 1 unspecified atom stereocenters. The molecule has 0 aliphatic carbocycles. The molecule has 0 aromatic heterocycles. The molecule has 0 radical (unpaired) electrons. The van der Waals surface area contributed by atoms with Crippen LogP contribution in [0, 0.1) is 0 Å². The van der Waals surface area contributed by atoms with Crippen molar-refractivity contribution in [2.24, 2.45) is 0 Å². The van der Waals surface area contributed by atoms with E-state index in [0.29, 0.717) is 26.2 Å². The third-order valence-corrected chi connectivity index (χ3v) is 2.51. The molecule has 0 saturated carbocycles. The molecule has 0 aromatic carbocycles. The lowest BCUT2D eigenvalue weighted by molar-refractivity contribution is -0.154. The predicted octanol–water partition coefficient (Wildman–Crippen LogP) is 0.942. The highest BCUT2D eigenvalue weighted by molar-refractivity contribution is 5.74. The molecule has 1 fully saturated rings. The van der Waals surface area contributed by atoms with Crippen molar-refractivity contribution in [3.63, 3.8) is 0 Å². The van der Waals surface area contributed by atoms with Gasteiger partial charge in [-0.1, -0.05) is 6.92 Å². The van der Waals surface area contributed by atoms with Crippen LogP contribution < -0.4 is 10.6 Å². The van der Waals surface area contributed by atoms with Crippen molar-refractivity contribution in [1.29, 1.82) is 0 Å². The molecule has 1 atom stereocenters. The Labute approximate surface area is 92.2 Å². The molecule has 7 heteroatoms. The van der Waals surface area contributed by atoms with Gasteiger partial charge in [0.1, 0.15) is 6.04 Å². The van der Waals surface area contributed by atoms with Crippen molar-refractivity contribution in [1.82, 2.24) is 15.5 Å². The predicted molar refractivity (Wildman–Crippen MR) is 53.1 cm³/mol. The first-order chi connectivity index (χ1) is 7.45. The molecule has 1 aliphatic heterocycles. The Morgan fingerprint density at radius 3 is 2.44 bits per heavy atom. The summed E-state index contributed by atoms with van der Waals surface area (Å²) in [6.45, 7) is 3.53. The summed E-state index contributed by atoms with van der Waals surface area (Å²) in [5, 5.41) is 5.03. The van der Waals surface area contributed by atoms with Crippen LogP contribution in [0.2, 0.25) is 0 Å². The average molecular weight is 239 g/mol. The molecular weight excluding hydrogens is 223 g/mol. The van der Waals surface area contributed by atoms with Crippen molar-refractivity contribution >= 4 is 6.03 Å². The van der Waals surface area contributed by atoms with E-state index in [1.807, 2.05) is 5.32 Å². The number of alkyl halides is 3. The summed E-state index contributed by atoms with van der Waals surface area (Å²) < 4.78 is 37.2. The maximum Gasteiger partial charge on any atom is 0.408 e. The number of nitrogens with zero attached hydrogens (tertiary/aromatic N) is 1. The molecule has 1 saturated heterocycles. The third kappa shape index (κ3) is 3.55. The minimum Gasteiger partial charge on any atom is -0.326 e. The SMILES string of the molecule is CCC(NC(=O)N1CCNCC1)C(F)(F)F. The van der Waals surface area contributed by atoms with Gasteiger partial charge < -0.3 is 15.5 Å². The second-order valence-corrected chi connectivity index (χ2v) is 3.69. The summed E-state index contributed by atoms with van der Waals surface area (Å²) in [5.41, 5.74) is 0. The normalized spacial score (nSPS) is 19.4. The van der Waals surface area contributed by atoms with Crippen LogP contribution in [-0.4, -0.2) is 49.3 Å². The maximum absolute atomic E-state index is 12.4. The van der Waals surface area contributed by atoms with E-state index >= 15 is 0 Å². The van der Waals surface area contributed by atoms with Crippen LogP contribution in [0.1, 0.15) is 13.3 Å². The van der Waals surface area contributed by atoms with E-state index in [0.717, 1.165) is 0 Å². The lowest BCUT2D eigenvalue weighted by atomic mass is 10.2. The topological polar surface area (TPSA) is 44.4 Å². The van der Waals surface area contributed by atoms with E-state index in [-0.39, 0.29) is 6.42 Å². The van der Waals surface area contributed by atoms with Gasteiger partial charge in [0.2, 0.25) is 0 Å². The lowest BCUT2D eigenvalue weighted by Gasteiger charge is -2.30. The largest absolute Gasteiger partial charge is 0.408 e. The van der Waals surface area contributed by atoms with Gasteiger partial charge in [-0.2, -0.15) is 13.2 Å². The number of urea groups is 1. The first-order valence-electron chi connectivity index (χ1n) is 5.28. The third-order valence-electron chi connectivity index (χ3n) is 2.51. The van der Waals surface area contributed by atoms with Crippen LogP contribution >= 0.6 is 0 Å². The molecule has 4 nitrogen and oxygen atoms in total. The highest BCUT2D eigenvalue weighted by atomic mass is 19.4. The fourth-order valence-corrected chi connectivity index (χ4v) is 1.52. The van der Waals surface area contributed by atoms with E-state index in [9.17, 15) is 18.0 Å². The summed E-state index contributed by atoms with van der Waals surface area (Å²) in [7, 11) is 0. The van der Waals surface area contributed by atoms with Gasteiger partial charge in [0.25, 0.3) is 0 Å². The van der Waals surface area contributed by atoms with E-state index in [4.69, 9.17) is 0 Å². The molecule has 94 valence electrons. The molecule has 16 heavy (non-hydrogen) atoms. The number of carbonyl (C=O) groups is 1. The van der Waals surface area contributed by atoms with Gasteiger partial charge in [-0.05, 0) is 6.42 Å². The molecule has 0 bridgehead atoms. The molecule has 1 rings (SSSR count). The number of hydrogen-bond donors (Lipinski definition) is 2. The summed E-state index contributed by atoms with van der Waals surface area (Å²) in [5.74, 6) is 0. The van der Waals surface area contributed by atoms with Crippen molar-refractivity contribution in [2.45, 2.75) is 25.6 Å². The Morgan fingerprint density at radius 2 is 2.00 bits per heavy atom. The zero-order valence-electron chi connectivity index (χ0n) is 9.10. The van der Waals surface area contributed by atoms with Crippen molar-refractivity contribution in [3.8, 4) is 0 Å². The highest BCUT2D eigenvalue weighted by Crippen LogP contribution is 2.22. The summed E-state index contributed by atoms with van der Waals surface area (Å²) >= 11 is 0. The number of rotatable bonds is 2. The second-order valence-electron chi connectivity index (χ2n) is 3.69. The molecule has 0 spiro atoms. The number of halogens is 3. The van der Waals surface area contributed by atoms with Crippen molar-refractivity contribution in [2.75, 3.05) is 26.2 Å². The lowest BCUT2D eigenvalue weighted by Crippen LogP contribution is -2.54. The van der Waals surface area contributed by atoms with Crippen LogP contribution in [0.4, 0.5) is 18.0 Å². The molecule has 0 aromatic rings. The molecule has 1 heterocycles. The minimum atomic E-state index is -4.38. The number of piperazine rings is 1. The molecule has 2 amide bonds. The molecule has 1 aliphatic rings. The van der Waals surface area contributed by atoms with Crippen LogP contribution in [0.3, 0.4) is 0 Å². The fraction of sp³-hybridized carbons (Fsp3) is 0.889. The van der Waals surface area contributed by atoms with Crippen molar-refractivity contribution < 1.29 is 18.0 Å². The van der Waals surface area contributed by atoms with Crippen LogP contribution in [-0.2, 0) is 0 Å². The molecule has 2 N–H and O–H groups in total. The summed E-state index contributed by atoms with van der Waals surface area (Å²) in [6.07, 6.45) is -4.53. The van der Waals surface area contributed by atoms with E-state index in [2.05, 4.69) is 5.32 Å². The van der Waals surface area contributed by atoms with E-state index in [1.165, 1.54) is 11.8 Å². The number of amides is 2. The smallest absolute Gasteiger partial charge is 0.326 e. The first kappa shape index (κ1) is 13.1. The van der Waals surface area contributed by atoms with Gasteiger partial charge in [-0.3, -0.25) is 0 Å². The average Bonchev–Trinajstić information content (AvgIpc) is 2.25. The van der Waals surface area contributed by atoms with E-state index in [1.54, 1.807) is 0 Å². The van der Waals surface area contributed by atoms with Gasteiger partial charge in [0.15, 0.2) is 0 Å². The zero-order valence-corrected chi connectivity index (χ0v) is 9.10.